The second-order valence-electron chi connectivity index (χ2n) is 3.33. The van der Waals surface area contributed by atoms with E-state index in [-0.39, 0.29) is 17.6 Å². The van der Waals surface area contributed by atoms with E-state index in [9.17, 15) is 13.6 Å². The summed E-state index contributed by atoms with van der Waals surface area (Å²) in [6.07, 6.45) is -0.285. The molecule has 0 amide bonds. The van der Waals surface area contributed by atoms with Gasteiger partial charge in [-0.3, -0.25) is 4.79 Å². The van der Waals surface area contributed by atoms with Crippen molar-refractivity contribution in [2.75, 3.05) is 0 Å². The zero-order chi connectivity index (χ0) is 11.7. The number of fused-ring (bicyclic) bond motifs is 1. The Morgan fingerprint density at radius 3 is 2.75 bits per heavy atom. The van der Waals surface area contributed by atoms with Crippen LogP contribution < -0.4 is 0 Å². The van der Waals surface area contributed by atoms with E-state index in [4.69, 9.17) is 5.11 Å². The number of pyridine rings is 1. The van der Waals surface area contributed by atoms with Gasteiger partial charge in [0.05, 0.1) is 12.1 Å². The lowest BCUT2D eigenvalue weighted by Gasteiger charge is -2.02. The van der Waals surface area contributed by atoms with Crippen LogP contribution in [0.2, 0.25) is 0 Å². The van der Waals surface area contributed by atoms with E-state index in [0.717, 1.165) is 12.1 Å². The van der Waals surface area contributed by atoms with E-state index in [1.54, 1.807) is 0 Å². The molecule has 0 unspecified atom stereocenters. The van der Waals surface area contributed by atoms with Crippen LogP contribution >= 0.6 is 0 Å². The molecule has 82 valence electrons. The fourth-order valence-electron chi connectivity index (χ4n) is 1.45. The molecule has 0 aliphatic rings. The Bertz CT molecular complexity index is 569. The molecule has 2 aromatic rings. The molecule has 1 heterocycles. The van der Waals surface area contributed by atoms with E-state index < -0.39 is 17.6 Å². The summed E-state index contributed by atoms with van der Waals surface area (Å²) < 4.78 is 26.2. The predicted molar refractivity (Wildman–Crippen MR) is 53.0 cm³/mol. The standard InChI is InChI=1S/C11H7F2NO2/c12-7-3-6-1-2-8(5-10(15)16)14-11(6)9(13)4-7/h1-4H,5H2,(H,15,16). The summed E-state index contributed by atoms with van der Waals surface area (Å²) in [6, 6.07) is 4.76. The molecule has 0 atom stereocenters. The van der Waals surface area contributed by atoms with Crippen LogP contribution in [0.4, 0.5) is 8.78 Å². The van der Waals surface area contributed by atoms with Crippen LogP contribution in [-0.4, -0.2) is 16.1 Å². The number of hydrogen-bond donors (Lipinski definition) is 1. The SMILES string of the molecule is O=C(O)Cc1ccc2cc(F)cc(F)c2n1. The summed E-state index contributed by atoms with van der Waals surface area (Å²) >= 11 is 0. The lowest BCUT2D eigenvalue weighted by atomic mass is 10.1. The molecule has 0 fully saturated rings. The highest BCUT2D eigenvalue weighted by Crippen LogP contribution is 2.18. The molecule has 0 saturated carbocycles. The van der Waals surface area contributed by atoms with Gasteiger partial charge >= 0.3 is 5.97 Å². The zero-order valence-electron chi connectivity index (χ0n) is 8.08. The van der Waals surface area contributed by atoms with Gasteiger partial charge in [-0.15, -0.1) is 0 Å². The van der Waals surface area contributed by atoms with Gasteiger partial charge in [-0.05, 0) is 12.1 Å². The highest BCUT2D eigenvalue weighted by Gasteiger charge is 2.08. The van der Waals surface area contributed by atoms with Crippen LogP contribution in [0.1, 0.15) is 5.69 Å². The first kappa shape index (κ1) is 10.5. The summed E-state index contributed by atoms with van der Waals surface area (Å²) in [4.78, 5) is 14.3. The zero-order valence-corrected chi connectivity index (χ0v) is 8.08. The van der Waals surface area contributed by atoms with Gasteiger partial charge in [0, 0.05) is 11.5 Å². The van der Waals surface area contributed by atoms with Crippen molar-refractivity contribution < 1.29 is 18.7 Å². The second kappa shape index (κ2) is 3.84. The van der Waals surface area contributed by atoms with Gasteiger partial charge in [-0.1, -0.05) is 6.07 Å². The molecule has 16 heavy (non-hydrogen) atoms. The first-order valence-electron chi connectivity index (χ1n) is 4.53. The first-order valence-corrected chi connectivity index (χ1v) is 4.53. The molecule has 0 aliphatic heterocycles. The minimum absolute atomic E-state index is 0.0137. The minimum Gasteiger partial charge on any atom is -0.481 e. The number of carbonyl (C=O) groups is 1. The Kier molecular flexibility index (Phi) is 2.52. The molecule has 1 N–H and O–H groups in total. The number of rotatable bonds is 2. The van der Waals surface area contributed by atoms with E-state index >= 15 is 0 Å². The highest BCUT2D eigenvalue weighted by molar-refractivity contribution is 5.80. The number of nitrogens with zero attached hydrogens (tertiary/aromatic N) is 1. The summed E-state index contributed by atoms with van der Waals surface area (Å²) in [7, 11) is 0. The maximum Gasteiger partial charge on any atom is 0.309 e. The number of aromatic nitrogens is 1. The Hall–Kier alpha value is -2.04. The third-order valence-corrected chi connectivity index (χ3v) is 2.10. The van der Waals surface area contributed by atoms with Crippen LogP contribution in [0.15, 0.2) is 24.3 Å². The van der Waals surface area contributed by atoms with Gasteiger partial charge in [0.25, 0.3) is 0 Å². The van der Waals surface area contributed by atoms with Gasteiger partial charge in [0.15, 0.2) is 5.82 Å². The van der Waals surface area contributed by atoms with Crippen molar-refractivity contribution >= 4 is 16.9 Å². The van der Waals surface area contributed by atoms with Crippen LogP contribution in [0.5, 0.6) is 0 Å². The molecule has 0 saturated heterocycles. The van der Waals surface area contributed by atoms with Gasteiger partial charge in [-0.2, -0.15) is 0 Å². The molecular formula is C11H7F2NO2. The first-order chi connectivity index (χ1) is 7.56. The van der Waals surface area contributed by atoms with E-state index in [1.807, 2.05) is 0 Å². The van der Waals surface area contributed by atoms with Crippen molar-refractivity contribution in [2.24, 2.45) is 0 Å². The third-order valence-electron chi connectivity index (χ3n) is 2.10. The molecular weight excluding hydrogens is 216 g/mol. The summed E-state index contributed by atoms with van der Waals surface area (Å²) in [5.41, 5.74) is 0.227. The maximum absolute atomic E-state index is 13.3. The normalized spacial score (nSPS) is 10.6. The van der Waals surface area contributed by atoms with Crippen molar-refractivity contribution in [1.29, 1.82) is 0 Å². The van der Waals surface area contributed by atoms with Crippen molar-refractivity contribution in [1.82, 2.24) is 4.98 Å². The molecule has 1 aromatic carbocycles. The molecule has 0 radical (unpaired) electrons. The number of benzene rings is 1. The van der Waals surface area contributed by atoms with Crippen LogP contribution in [-0.2, 0) is 11.2 Å². The summed E-state index contributed by atoms with van der Waals surface area (Å²) in [5.74, 6) is -2.52. The average Bonchev–Trinajstić information content (AvgIpc) is 2.18. The van der Waals surface area contributed by atoms with E-state index in [2.05, 4.69) is 4.98 Å². The summed E-state index contributed by atoms with van der Waals surface area (Å²) in [6.45, 7) is 0. The number of halogens is 2. The number of carboxylic acids is 1. The maximum atomic E-state index is 13.3. The van der Waals surface area contributed by atoms with Gasteiger partial charge in [-0.25, -0.2) is 13.8 Å². The number of carboxylic acid groups (broad SMARTS) is 1. The molecule has 0 spiro atoms. The van der Waals surface area contributed by atoms with Crippen LogP contribution in [0.3, 0.4) is 0 Å². The van der Waals surface area contributed by atoms with Crippen molar-refractivity contribution in [3.05, 3.63) is 41.6 Å². The van der Waals surface area contributed by atoms with E-state index in [1.165, 1.54) is 12.1 Å². The summed E-state index contributed by atoms with van der Waals surface area (Å²) in [5, 5.41) is 8.87. The quantitative estimate of drug-likeness (QED) is 0.848. The monoisotopic (exact) mass is 223 g/mol. The number of hydrogen-bond acceptors (Lipinski definition) is 2. The Morgan fingerprint density at radius 1 is 1.31 bits per heavy atom. The highest BCUT2D eigenvalue weighted by atomic mass is 19.1. The van der Waals surface area contributed by atoms with Crippen molar-refractivity contribution in [3.8, 4) is 0 Å². The van der Waals surface area contributed by atoms with Gasteiger partial charge in [0.2, 0.25) is 0 Å². The second-order valence-corrected chi connectivity index (χ2v) is 3.33. The molecule has 5 heteroatoms. The largest absolute Gasteiger partial charge is 0.481 e. The molecule has 1 aromatic heterocycles. The van der Waals surface area contributed by atoms with Crippen molar-refractivity contribution in [3.63, 3.8) is 0 Å². The lowest BCUT2D eigenvalue weighted by molar-refractivity contribution is -0.136. The Morgan fingerprint density at radius 2 is 2.06 bits per heavy atom. The molecule has 0 bridgehead atoms. The fourth-order valence-corrected chi connectivity index (χ4v) is 1.45. The van der Waals surface area contributed by atoms with Crippen LogP contribution in [0, 0.1) is 11.6 Å². The van der Waals surface area contributed by atoms with Crippen LogP contribution in [0.25, 0.3) is 10.9 Å². The predicted octanol–water partition coefficient (Wildman–Crippen LogP) is 2.14. The smallest absolute Gasteiger partial charge is 0.309 e. The molecule has 0 aliphatic carbocycles. The topological polar surface area (TPSA) is 50.2 Å². The average molecular weight is 223 g/mol. The number of aliphatic carboxylic acids is 1. The molecule has 3 nitrogen and oxygen atoms in total. The van der Waals surface area contributed by atoms with Gasteiger partial charge in [0.1, 0.15) is 11.3 Å². The lowest BCUT2D eigenvalue weighted by Crippen LogP contribution is -2.02. The minimum atomic E-state index is -1.05. The van der Waals surface area contributed by atoms with Crippen molar-refractivity contribution in [2.45, 2.75) is 6.42 Å². The Labute approximate surface area is 89.3 Å². The van der Waals surface area contributed by atoms with E-state index in [0.29, 0.717) is 5.39 Å². The fraction of sp³-hybridized carbons (Fsp3) is 0.0909. The Balaban J connectivity index is 2.57. The third kappa shape index (κ3) is 1.98. The van der Waals surface area contributed by atoms with Gasteiger partial charge < -0.3 is 5.11 Å². The molecule has 2 rings (SSSR count).